The molecule has 16 heavy (non-hydrogen) atoms. The molecule has 2 nitrogen and oxygen atoms in total. The molecule has 2 aromatic rings. The van der Waals surface area contributed by atoms with Crippen LogP contribution in [0.5, 0.6) is 5.75 Å². The van der Waals surface area contributed by atoms with Gasteiger partial charge < -0.3 is 5.11 Å². The number of benzene rings is 1. The van der Waals surface area contributed by atoms with Gasteiger partial charge in [-0.1, -0.05) is 18.2 Å². The molecule has 0 fully saturated rings. The third-order valence-corrected chi connectivity index (χ3v) is 2.66. The highest BCUT2D eigenvalue weighted by molar-refractivity contribution is 5.43. The number of hydrogen-bond acceptors (Lipinski definition) is 2. The van der Waals surface area contributed by atoms with Crippen LogP contribution in [0.1, 0.15) is 22.4 Å². The summed E-state index contributed by atoms with van der Waals surface area (Å²) in [5.41, 5.74) is 4.08. The molecule has 1 aromatic carbocycles. The highest BCUT2D eigenvalue weighted by atomic mass is 16.3. The maximum absolute atomic E-state index is 9.68. The van der Waals surface area contributed by atoms with Gasteiger partial charge in [0.1, 0.15) is 5.75 Å². The van der Waals surface area contributed by atoms with E-state index in [9.17, 15) is 5.11 Å². The van der Waals surface area contributed by atoms with E-state index in [1.54, 1.807) is 6.20 Å². The molecular formula is C14H15NO. The number of rotatable bonds is 2. The molecule has 0 bridgehead atoms. The van der Waals surface area contributed by atoms with Crippen LogP contribution in [0.2, 0.25) is 0 Å². The van der Waals surface area contributed by atoms with E-state index in [4.69, 9.17) is 0 Å². The average molecular weight is 213 g/mol. The summed E-state index contributed by atoms with van der Waals surface area (Å²) >= 11 is 0. The summed E-state index contributed by atoms with van der Waals surface area (Å²) in [7, 11) is 0. The first-order valence-electron chi connectivity index (χ1n) is 5.36. The van der Waals surface area contributed by atoms with Gasteiger partial charge >= 0.3 is 0 Å². The molecule has 0 atom stereocenters. The van der Waals surface area contributed by atoms with Crippen LogP contribution >= 0.6 is 0 Å². The van der Waals surface area contributed by atoms with E-state index in [1.165, 1.54) is 5.56 Å². The van der Waals surface area contributed by atoms with Crippen molar-refractivity contribution in [3.05, 3.63) is 58.9 Å². The zero-order valence-corrected chi connectivity index (χ0v) is 9.57. The van der Waals surface area contributed by atoms with Crippen molar-refractivity contribution in [1.82, 2.24) is 4.98 Å². The third-order valence-electron chi connectivity index (χ3n) is 2.66. The molecule has 1 heterocycles. The molecule has 1 N–H and O–H groups in total. The van der Waals surface area contributed by atoms with Crippen molar-refractivity contribution in [2.75, 3.05) is 0 Å². The Kier molecular flexibility index (Phi) is 2.91. The largest absolute Gasteiger partial charge is 0.507 e. The minimum Gasteiger partial charge on any atom is -0.507 e. The first kappa shape index (κ1) is 10.7. The zero-order valence-electron chi connectivity index (χ0n) is 9.57. The standard InChI is InChI=1S/C14H15NO/c1-10-7-12(8-11(2)14(10)16)9-13-5-3-4-6-15-13/h3-8,16H,9H2,1-2H3. The predicted molar refractivity (Wildman–Crippen MR) is 64.6 cm³/mol. The smallest absolute Gasteiger partial charge is 0.121 e. The van der Waals surface area contributed by atoms with Crippen LogP contribution in [0, 0.1) is 13.8 Å². The van der Waals surface area contributed by atoms with E-state index in [1.807, 2.05) is 44.2 Å². The fourth-order valence-electron chi connectivity index (χ4n) is 1.86. The number of aromatic hydroxyl groups is 1. The summed E-state index contributed by atoms with van der Waals surface area (Å²) in [6.07, 6.45) is 2.61. The Morgan fingerprint density at radius 3 is 2.38 bits per heavy atom. The molecule has 0 aliphatic heterocycles. The molecular weight excluding hydrogens is 198 g/mol. The van der Waals surface area contributed by atoms with Crippen LogP contribution in [0.15, 0.2) is 36.5 Å². The minimum atomic E-state index is 0.393. The molecule has 0 unspecified atom stereocenters. The molecule has 0 aliphatic rings. The Labute approximate surface area is 95.6 Å². The highest BCUT2D eigenvalue weighted by Crippen LogP contribution is 2.23. The Morgan fingerprint density at radius 1 is 1.12 bits per heavy atom. The van der Waals surface area contributed by atoms with Crippen molar-refractivity contribution in [2.45, 2.75) is 20.3 Å². The molecule has 1 aromatic heterocycles. The van der Waals surface area contributed by atoms with Crippen LogP contribution in [0.25, 0.3) is 0 Å². The molecule has 0 saturated heterocycles. The van der Waals surface area contributed by atoms with Crippen LogP contribution in [-0.4, -0.2) is 10.1 Å². The van der Waals surface area contributed by atoms with Gasteiger partial charge in [0.05, 0.1) is 0 Å². The number of pyridine rings is 1. The van der Waals surface area contributed by atoms with Crippen molar-refractivity contribution in [2.24, 2.45) is 0 Å². The van der Waals surface area contributed by atoms with Gasteiger partial charge in [0.2, 0.25) is 0 Å². The molecule has 2 heteroatoms. The molecule has 0 amide bonds. The predicted octanol–water partition coefficient (Wildman–Crippen LogP) is 2.99. The lowest BCUT2D eigenvalue weighted by atomic mass is 10.0. The summed E-state index contributed by atoms with van der Waals surface area (Å²) in [6, 6.07) is 9.94. The lowest BCUT2D eigenvalue weighted by Crippen LogP contribution is -1.93. The van der Waals surface area contributed by atoms with E-state index in [-0.39, 0.29) is 0 Å². The van der Waals surface area contributed by atoms with Crippen molar-refractivity contribution in [1.29, 1.82) is 0 Å². The molecule has 0 radical (unpaired) electrons. The van der Waals surface area contributed by atoms with Crippen molar-refractivity contribution >= 4 is 0 Å². The van der Waals surface area contributed by atoms with Gasteiger partial charge in [-0.15, -0.1) is 0 Å². The molecule has 0 spiro atoms. The van der Waals surface area contributed by atoms with Crippen LogP contribution < -0.4 is 0 Å². The van der Waals surface area contributed by atoms with Gasteiger partial charge in [-0.25, -0.2) is 0 Å². The lowest BCUT2D eigenvalue weighted by molar-refractivity contribution is 0.466. The van der Waals surface area contributed by atoms with Crippen LogP contribution in [0.3, 0.4) is 0 Å². The Hall–Kier alpha value is -1.83. The van der Waals surface area contributed by atoms with Crippen molar-refractivity contribution in [3.63, 3.8) is 0 Å². The normalized spacial score (nSPS) is 10.4. The minimum absolute atomic E-state index is 0.393. The Balaban J connectivity index is 2.29. The Morgan fingerprint density at radius 2 is 1.81 bits per heavy atom. The second-order valence-corrected chi connectivity index (χ2v) is 4.08. The number of aromatic nitrogens is 1. The van der Waals surface area contributed by atoms with Crippen molar-refractivity contribution < 1.29 is 5.11 Å². The summed E-state index contributed by atoms with van der Waals surface area (Å²) in [6.45, 7) is 3.84. The van der Waals surface area contributed by atoms with Crippen LogP contribution in [0.4, 0.5) is 0 Å². The monoisotopic (exact) mass is 213 g/mol. The molecule has 2 rings (SSSR count). The fourth-order valence-corrected chi connectivity index (χ4v) is 1.86. The van der Waals surface area contributed by atoms with Gasteiger partial charge in [-0.2, -0.15) is 0 Å². The zero-order chi connectivity index (χ0) is 11.5. The molecule has 0 saturated carbocycles. The van der Waals surface area contributed by atoms with E-state index in [0.29, 0.717) is 5.75 Å². The number of nitrogens with zero attached hydrogens (tertiary/aromatic N) is 1. The number of hydrogen-bond donors (Lipinski definition) is 1. The highest BCUT2D eigenvalue weighted by Gasteiger charge is 2.04. The summed E-state index contributed by atoms with van der Waals surface area (Å²) in [5, 5.41) is 9.68. The second kappa shape index (κ2) is 4.35. The van der Waals surface area contributed by atoms with Gasteiger partial charge in [0, 0.05) is 18.3 Å². The second-order valence-electron chi connectivity index (χ2n) is 4.08. The number of aryl methyl sites for hydroxylation is 2. The summed E-state index contributed by atoms with van der Waals surface area (Å²) in [4.78, 5) is 4.29. The average Bonchev–Trinajstić information content (AvgIpc) is 2.27. The van der Waals surface area contributed by atoms with Gasteiger partial charge in [0.25, 0.3) is 0 Å². The van der Waals surface area contributed by atoms with E-state index in [2.05, 4.69) is 4.98 Å². The third kappa shape index (κ3) is 2.22. The quantitative estimate of drug-likeness (QED) is 0.831. The van der Waals surface area contributed by atoms with E-state index < -0.39 is 0 Å². The number of phenolic OH excluding ortho intramolecular Hbond substituents is 1. The van der Waals surface area contributed by atoms with Crippen LogP contribution in [-0.2, 0) is 6.42 Å². The summed E-state index contributed by atoms with van der Waals surface area (Å²) in [5.74, 6) is 0.393. The van der Waals surface area contributed by atoms with E-state index in [0.717, 1.165) is 23.2 Å². The Bertz CT molecular complexity index is 468. The van der Waals surface area contributed by atoms with Gasteiger partial charge in [-0.05, 0) is 42.7 Å². The molecule has 82 valence electrons. The van der Waals surface area contributed by atoms with Gasteiger partial charge in [-0.3, -0.25) is 4.98 Å². The topological polar surface area (TPSA) is 33.1 Å². The SMILES string of the molecule is Cc1cc(Cc2ccccn2)cc(C)c1O. The maximum atomic E-state index is 9.68. The maximum Gasteiger partial charge on any atom is 0.121 e. The summed E-state index contributed by atoms with van der Waals surface area (Å²) < 4.78 is 0. The first-order chi connectivity index (χ1) is 7.66. The van der Waals surface area contributed by atoms with Gasteiger partial charge in [0.15, 0.2) is 0 Å². The van der Waals surface area contributed by atoms with Crippen molar-refractivity contribution in [3.8, 4) is 5.75 Å². The first-order valence-corrected chi connectivity index (χ1v) is 5.36. The number of phenols is 1. The molecule has 0 aliphatic carbocycles. The lowest BCUT2D eigenvalue weighted by Gasteiger charge is -2.07. The van der Waals surface area contributed by atoms with E-state index >= 15 is 0 Å². The fraction of sp³-hybridized carbons (Fsp3) is 0.214.